The SMILES string of the molecule is CC1(c2ccc(Cl)cc2)NCNC1c1ccc(C(F)(F)F)cc1. The van der Waals surface area contributed by atoms with Gasteiger partial charge >= 0.3 is 6.18 Å². The summed E-state index contributed by atoms with van der Waals surface area (Å²) in [6.07, 6.45) is -4.32. The van der Waals surface area contributed by atoms with Crippen LogP contribution in [0.3, 0.4) is 0 Å². The van der Waals surface area contributed by atoms with Crippen molar-refractivity contribution < 1.29 is 13.2 Å². The molecule has 0 bridgehead atoms. The summed E-state index contributed by atoms with van der Waals surface area (Å²) in [5.41, 5.74) is 0.766. The summed E-state index contributed by atoms with van der Waals surface area (Å²) in [5.74, 6) is 0. The zero-order chi connectivity index (χ0) is 16.7. The van der Waals surface area contributed by atoms with Gasteiger partial charge in [0.25, 0.3) is 0 Å². The van der Waals surface area contributed by atoms with E-state index in [-0.39, 0.29) is 6.04 Å². The topological polar surface area (TPSA) is 24.1 Å². The van der Waals surface area contributed by atoms with E-state index in [2.05, 4.69) is 10.6 Å². The molecule has 0 spiro atoms. The number of rotatable bonds is 2. The standard InChI is InChI=1S/C17H16ClF3N2/c1-16(12-6-8-14(18)9-7-12)15(22-10-23-16)11-2-4-13(5-3-11)17(19,20)21/h2-9,15,22-23H,10H2,1H3. The van der Waals surface area contributed by atoms with Crippen LogP contribution in [-0.2, 0) is 11.7 Å². The largest absolute Gasteiger partial charge is 0.416 e. The molecule has 23 heavy (non-hydrogen) atoms. The third-order valence-corrected chi connectivity index (χ3v) is 4.61. The number of hydrogen-bond donors (Lipinski definition) is 2. The Morgan fingerprint density at radius 1 is 1.04 bits per heavy atom. The summed E-state index contributed by atoms with van der Waals surface area (Å²) in [5, 5.41) is 7.34. The average molecular weight is 341 g/mol. The van der Waals surface area contributed by atoms with Gasteiger partial charge in [-0.25, -0.2) is 0 Å². The molecule has 0 radical (unpaired) electrons. The number of halogens is 4. The van der Waals surface area contributed by atoms with E-state index in [4.69, 9.17) is 11.6 Å². The Bertz CT molecular complexity index is 682. The highest BCUT2D eigenvalue weighted by Crippen LogP contribution is 2.39. The van der Waals surface area contributed by atoms with Crippen LogP contribution in [0, 0.1) is 0 Å². The molecule has 1 aliphatic heterocycles. The van der Waals surface area contributed by atoms with Gasteiger partial charge in [0.1, 0.15) is 0 Å². The highest BCUT2D eigenvalue weighted by Gasteiger charge is 2.41. The Hall–Kier alpha value is -1.56. The molecule has 2 aromatic rings. The Morgan fingerprint density at radius 3 is 2.22 bits per heavy atom. The van der Waals surface area contributed by atoms with Crippen molar-refractivity contribution in [2.75, 3.05) is 6.67 Å². The van der Waals surface area contributed by atoms with E-state index in [1.807, 2.05) is 31.2 Å². The smallest absolute Gasteiger partial charge is 0.296 e. The molecule has 1 heterocycles. The maximum atomic E-state index is 12.7. The second-order valence-electron chi connectivity index (χ2n) is 5.82. The van der Waals surface area contributed by atoms with Crippen LogP contribution in [-0.4, -0.2) is 6.67 Å². The van der Waals surface area contributed by atoms with Gasteiger partial charge in [-0.1, -0.05) is 35.9 Å². The molecule has 2 atom stereocenters. The first-order valence-corrected chi connectivity index (χ1v) is 7.60. The summed E-state index contributed by atoms with van der Waals surface area (Å²) < 4.78 is 38.1. The summed E-state index contributed by atoms with van der Waals surface area (Å²) in [6.45, 7) is 2.60. The van der Waals surface area contributed by atoms with Crippen molar-refractivity contribution in [2.45, 2.75) is 24.7 Å². The molecule has 0 saturated carbocycles. The maximum absolute atomic E-state index is 12.7. The van der Waals surface area contributed by atoms with E-state index >= 15 is 0 Å². The molecular formula is C17H16ClF3N2. The first-order chi connectivity index (χ1) is 10.8. The molecular weight excluding hydrogens is 325 g/mol. The second kappa shape index (κ2) is 5.82. The normalized spacial score (nSPS) is 24.8. The minimum atomic E-state index is -4.32. The van der Waals surface area contributed by atoms with Crippen LogP contribution in [0.25, 0.3) is 0 Å². The third kappa shape index (κ3) is 3.09. The summed E-state index contributed by atoms with van der Waals surface area (Å²) >= 11 is 5.93. The Balaban J connectivity index is 1.93. The highest BCUT2D eigenvalue weighted by atomic mass is 35.5. The van der Waals surface area contributed by atoms with Gasteiger partial charge in [0.15, 0.2) is 0 Å². The Morgan fingerprint density at radius 2 is 1.65 bits per heavy atom. The molecule has 6 heteroatoms. The van der Waals surface area contributed by atoms with Gasteiger partial charge in [-0.2, -0.15) is 13.2 Å². The molecule has 3 rings (SSSR count). The van der Waals surface area contributed by atoms with Gasteiger partial charge in [-0.15, -0.1) is 0 Å². The monoisotopic (exact) mass is 340 g/mol. The molecule has 0 aliphatic carbocycles. The van der Waals surface area contributed by atoms with Crippen LogP contribution in [0.15, 0.2) is 48.5 Å². The number of nitrogens with one attached hydrogen (secondary N) is 2. The minimum absolute atomic E-state index is 0.133. The van der Waals surface area contributed by atoms with Crippen LogP contribution >= 0.6 is 11.6 Å². The molecule has 0 amide bonds. The van der Waals surface area contributed by atoms with E-state index in [1.54, 1.807) is 0 Å². The van der Waals surface area contributed by atoms with Gasteiger partial charge in [-0.3, -0.25) is 10.6 Å². The van der Waals surface area contributed by atoms with E-state index in [9.17, 15) is 13.2 Å². The molecule has 1 fully saturated rings. The van der Waals surface area contributed by atoms with E-state index in [1.165, 1.54) is 12.1 Å². The minimum Gasteiger partial charge on any atom is -0.296 e. The summed E-state index contributed by atoms with van der Waals surface area (Å²) in [7, 11) is 0. The van der Waals surface area contributed by atoms with Crippen LogP contribution in [0.1, 0.15) is 29.7 Å². The fourth-order valence-corrected chi connectivity index (χ4v) is 3.15. The predicted octanol–water partition coefficient (Wildman–Crippen LogP) is 4.47. The zero-order valence-corrected chi connectivity index (χ0v) is 13.2. The lowest BCUT2D eigenvalue weighted by atomic mass is 9.82. The van der Waals surface area contributed by atoms with Crippen LogP contribution in [0.4, 0.5) is 13.2 Å². The van der Waals surface area contributed by atoms with E-state index < -0.39 is 17.3 Å². The van der Waals surface area contributed by atoms with Crippen molar-refractivity contribution in [2.24, 2.45) is 0 Å². The predicted molar refractivity (Wildman–Crippen MR) is 84.1 cm³/mol. The molecule has 0 aromatic heterocycles. The van der Waals surface area contributed by atoms with Crippen molar-refractivity contribution in [3.63, 3.8) is 0 Å². The number of hydrogen-bond acceptors (Lipinski definition) is 2. The Kier molecular flexibility index (Phi) is 4.12. The summed E-state index contributed by atoms with van der Waals surface area (Å²) in [4.78, 5) is 0. The first-order valence-electron chi connectivity index (χ1n) is 7.22. The summed E-state index contributed by atoms with van der Waals surface area (Å²) in [6, 6.07) is 12.7. The van der Waals surface area contributed by atoms with Crippen molar-refractivity contribution in [1.82, 2.24) is 10.6 Å². The van der Waals surface area contributed by atoms with Crippen molar-refractivity contribution >= 4 is 11.6 Å². The van der Waals surface area contributed by atoms with Crippen LogP contribution in [0.2, 0.25) is 5.02 Å². The lowest BCUT2D eigenvalue weighted by molar-refractivity contribution is -0.137. The quantitative estimate of drug-likeness (QED) is 0.843. The first kappa shape index (κ1) is 16.3. The van der Waals surface area contributed by atoms with E-state index in [0.717, 1.165) is 23.3 Å². The van der Waals surface area contributed by atoms with Gasteiger partial charge in [-0.05, 0) is 42.3 Å². The lowest BCUT2D eigenvalue weighted by Crippen LogP contribution is -2.38. The van der Waals surface area contributed by atoms with Crippen molar-refractivity contribution in [1.29, 1.82) is 0 Å². The molecule has 122 valence electrons. The second-order valence-corrected chi connectivity index (χ2v) is 6.26. The molecule has 2 unspecified atom stereocenters. The lowest BCUT2D eigenvalue weighted by Gasteiger charge is -2.32. The highest BCUT2D eigenvalue weighted by molar-refractivity contribution is 6.30. The number of alkyl halides is 3. The van der Waals surface area contributed by atoms with Crippen LogP contribution < -0.4 is 10.6 Å². The molecule has 2 N–H and O–H groups in total. The number of benzene rings is 2. The van der Waals surface area contributed by atoms with Crippen molar-refractivity contribution in [3.05, 3.63) is 70.2 Å². The molecule has 1 aliphatic rings. The zero-order valence-electron chi connectivity index (χ0n) is 12.4. The van der Waals surface area contributed by atoms with Crippen LogP contribution in [0.5, 0.6) is 0 Å². The fourth-order valence-electron chi connectivity index (χ4n) is 3.02. The Labute approximate surface area is 137 Å². The third-order valence-electron chi connectivity index (χ3n) is 4.35. The molecule has 2 aromatic carbocycles. The molecule has 1 saturated heterocycles. The maximum Gasteiger partial charge on any atom is 0.416 e. The van der Waals surface area contributed by atoms with Gasteiger partial charge < -0.3 is 0 Å². The van der Waals surface area contributed by atoms with E-state index in [0.29, 0.717) is 11.7 Å². The van der Waals surface area contributed by atoms with Crippen molar-refractivity contribution in [3.8, 4) is 0 Å². The van der Waals surface area contributed by atoms with Gasteiger partial charge in [0.2, 0.25) is 0 Å². The van der Waals surface area contributed by atoms with Gasteiger partial charge in [0.05, 0.1) is 17.1 Å². The average Bonchev–Trinajstić information content (AvgIpc) is 2.90. The molecule has 2 nitrogen and oxygen atoms in total. The van der Waals surface area contributed by atoms with Gasteiger partial charge in [0, 0.05) is 11.7 Å². The fraction of sp³-hybridized carbons (Fsp3) is 0.294.